The Kier molecular flexibility index (Phi) is 4.26. The molecule has 0 saturated heterocycles. The fourth-order valence-electron chi connectivity index (χ4n) is 1.85. The van der Waals surface area contributed by atoms with Crippen molar-refractivity contribution >= 4 is 21.6 Å². The molecular weight excluding hydrogens is 290 g/mol. The van der Waals surface area contributed by atoms with E-state index in [4.69, 9.17) is 4.74 Å². The molecule has 0 aromatic heterocycles. The third kappa shape index (κ3) is 3.05. The summed E-state index contributed by atoms with van der Waals surface area (Å²) in [5.74, 6) is 0.848. The third-order valence-corrected chi connectivity index (χ3v) is 3.33. The second-order valence-electron chi connectivity index (χ2n) is 4.12. The largest absolute Gasteiger partial charge is 0.495 e. The molecule has 0 radical (unpaired) electrons. The van der Waals surface area contributed by atoms with Gasteiger partial charge in [0.25, 0.3) is 0 Å². The van der Waals surface area contributed by atoms with Crippen LogP contribution in [0.4, 0.5) is 5.69 Å². The molecular formula is C15H16BrNO. The van der Waals surface area contributed by atoms with Crippen molar-refractivity contribution in [3.05, 3.63) is 58.6 Å². The van der Waals surface area contributed by atoms with E-state index in [1.54, 1.807) is 7.11 Å². The van der Waals surface area contributed by atoms with Crippen molar-refractivity contribution in [2.24, 2.45) is 0 Å². The van der Waals surface area contributed by atoms with Crippen LogP contribution in [0.3, 0.4) is 0 Å². The van der Waals surface area contributed by atoms with Crippen LogP contribution in [0.5, 0.6) is 5.75 Å². The summed E-state index contributed by atoms with van der Waals surface area (Å²) in [6, 6.07) is 16.5. The highest BCUT2D eigenvalue weighted by Crippen LogP contribution is 2.30. The number of nitrogens with one attached hydrogen (secondary N) is 1. The van der Waals surface area contributed by atoms with Gasteiger partial charge in [0, 0.05) is 10.5 Å². The molecule has 3 heteroatoms. The number of hydrogen-bond acceptors (Lipinski definition) is 2. The normalized spacial score (nSPS) is 11.9. The Bertz CT molecular complexity index is 513. The summed E-state index contributed by atoms with van der Waals surface area (Å²) in [6.07, 6.45) is 0. The van der Waals surface area contributed by atoms with E-state index in [0.717, 1.165) is 15.9 Å². The number of halogens is 1. The van der Waals surface area contributed by atoms with Crippen molar-refractivity contribution in [3.63, 3.8) is 0 Å². The highest BCUT2D eigenvalue weighted by atomic mass is 79.9. The molecule has 2 aromatic carbocycles. The number of methoxy groups -OCH3 is 1. The molecule has 1 N–H and O–H groups in total. The molecule has 2 nitrogen and oxygen atoms in total. The average molecular weight is 306 g/mol. The fourth-order valence-corrected chi connectivity index (χ4v) is 2.21. The van der Waals surface area contributed by atoms with E-state index < -0.39 is 0 Å². The van der Waals surface area contributed by atoms with Crippen LogP contribution in [0.2, 0.25) is 0 Å². The average Bonchev–Trinajstić information content (AvgIpc) is 2.40. The van der Waals surface area contributed by atoms with Crippen molar-refractivity contribution in [2.75, 3.05) is 12.4 Å². The van der Waals surface area contributed by atoms with Crippen molar-refractivity contribution in [3.8, 4) is 5.75 Å². The topological polar surface area (TPSA) is 21.3 Å². The van der Waals surface area contributed by atoms with Gasteiger partial charge < -0.3 is 10.1 Å². The summed E-state index contributed by atoms with van der Waals surface area (Å²) in [5.41, 5.74) is 2.24. The molecule has 0 aliphatic rings. The van der Waals surface area contributed by atoms with Crippen molar-refractivity contribution in [1.82, 2.24) is 0 Å². The Morgan fingerprint density at radius 2 is 1.83 bits per heavy atom. The zero-order valence-corrected chi connectivity index (χ0v) is 12.1. The summed E-state index contributed by atoms with van der Waals surface area (Å²) in [6.45, 7) is 2.13. The highest BCUT2D eigenvalue weighted by molar-refractivity contribution is 9.10. The second-order valence-corrected chi connectivity index (χ2v) is 5.04. The van der Waals surface area contributed by atoms with Crippen molar-refractivity contribution < 1.29 is 4.74 Å². The summed E-state index contributed by atoms with van der Waals surface area (Å²) in [5, 5.41) is 3.46. The number of rotatable bonds is 4. The lowest BCUT2D eigenvalue weighted by molar-refractivity contribution is 0.416. The maximum Gasteiger partial charge on any atom is 0.142 e. The summed E-state index contributed by atoms with van der Waals surface area (Å²) < 4.78 is 6.39. The van der Waals surface area contributed by atoms with Crippen molar-refractivity contribution in [1.29, 1.82) is 0 Å². The van der Waals surface area contributed by atoms with Gasteiger partial charge in [-0.3, -0.25) is 0 Å². The first kappa shape index (κ1) is 13.0. The van der Waals surface area contributed by atoms with E-state index in [1.165, 1.54) is 5.56 Å². The Morgan fingerprint density at radius 3 is 2.50 bits per heavy atom. The Hall–Kier alpha value is -1.48. The highest BCUT2D eigenvalue weighted by Gasteiger charge is 2.08. The van der Waals surface area contributed by atoms with Gasteiger partial charge in [0.05, 0.1) is 12.8 Å². The molecule has 0 bridgehead atoms. The predicted molar refractivity (Wildman–Crippen MR) is 79.2 cm³/mol. The molecule has 1 atom stereocenters. The number of benzene rings is 2. The molecule has 0 heterocycles. The molecule has 18 heavy (non-hydrogen) atoms. The lowest BCUT2D eigenvalue weighted by Crippen LogP contribution is -2.07. The van der Waals surface area contributed by atoms with E-state index in [9.17, 15) is 0 Å². The van der Waals surface area contributed by atoms with E-state index in [-0.39, 0.29) is 6.04 Å². The molecule has 0 aliphatic heterocycles. The first-order valence-corrected chi connectivity index (χ1v) is 6.65. The van der Waals surface area contributed by atoms with Crippen LogP contribution in [0.15, 0.2) is 53.0 Å². The quantitative estimate of drug-likeness (QED) is 0.889. The summed E-state index contributed by atoms with van der Waals surface area (Å²) in [7, 11) is 1.68. The van der Waals surface area contributed by atoms with Crippen LogP contribution in [-0.4, -0.2) is 7.11 Å². The predicted octanol–water partition coefficient (Wildman–Crippen LogP) is 4.63. The molecule has 94 valence electrons. The minimum absolute atomic E-state index is 0.231. The molecule has 0 amide bonds. The second kappa shape index (κ2) is 5.91. The lowest BCUT2D eigenvalue weighted by Gasteiger charge is -2.18. The zero-order chi connectivity index (χ0) is 13.0. The maximum absolute atomic E-state index is 5.35. The molecule has 0 saturated carbocycles. The van der Waals surface area contributed by atoms with Crippen LogP contribution in [0, 0.1) is 0 Å². The monoisotopic (exact) mass is 305 g/mol. The lowest BCUT2D eigenvalue weighted by atomic mass is 10.1. The molecule has 1 unspecified atom stereocenters. The minimum Gasteiger partial charge on any atom is -0.495 e. The van der Waals surface area contributed by atoms with Gasteiger partial charge in [-0.05, 0) is 30.7 Å². The van der Waals surface area contributed by atoms with Gasteiger partial charge in [0.1, 0.15) is 5.75 Å². The first-order valence-electron chi connectivity index (χ1n) is 5.85. The van der Waals surface area contributed by atoms with Crippen molar-refractivity contribution in [2.45, 2.75) is 13.0 Å². The minimum atomic E-state index is 0.231. The van der Waals surface area contributed by atoms with Crippen LogP contribution in [-0.2, 0) is 0 Å². The van der Waals surface area contributed by atoms with Gasteiger partial charge in [-0.15, -0.1) is 0 Å². The van der Waals surface area contributed by atoms with Crippen LogP contribution < -0.4 is 10.1 Å². The smallest absolute Gasteiger partial charge is 0.142 e. The Balaban J connectivity index is 2.21. The van der Waals surface area contributed by atoms with E-state index in [1.807, 2.05) is 36.4 Å². The van der Waals surface area contributed by atoms with Gasteiger partial charge >= 0.3 is 0 Å². The van der Waals surface area contributed by atoms with E-state index in [0.29, 0.717) is 0 Å². The third-order valence-electron chi connectivity index (χ3n) is 2.83. The van der Waals surface area contributed by atoms with Gasteiger partial charge in [-0.25, -0.2) is 0 Å². The molecule has 2 rings (SSSR count). The Morgan fingerprint density at radius 1 is 1.11 bits per heavy atom. The maximum atomic E-state index is 5.35. The SMILES string of the molecule is COc1ccc(Br)cc1NC(C)c1ccccc1. The number of ether oxygens (including phenoxy) is 1. The standard InChI is InChI=1S/C15H16BrNO/c1-11(12-6-4-3-5-7-12)17-14-10-13(16)8-9-15(14)18-2/h3-11,17H,1-2H3. The Labute approximate surface area is 116 Å². The first-order chi connectivity index (χ1) is 8.70. The van der Waals surface area contributed by atoms with Gasteiger partial charge in [0.2, 0.25) is 0 Å². The van der Waals surface area contributed by atoms with Crippen LogP contribution in [0.25, 0.3) is 0 Å². The van der Waals surface area contributed by atoms with Crippen LogP contribution in [0.1, 0.15) is 18.5 Å². The van der Waals surface area contributed by atoms with Gasteiger partial charge in [-0.2, -0.15) is 0 Å². The fraction of sp³-hybridized carbons (Fsp3) is 0.200. The molecule has 0 fully saturated rings. The van der Waals surface area contributed by atoms with E-state index in [2.05, 4.69) is 40.3 Å². The molecule has 2 aromatic rings. The van der Waals surface area contributed by atoms with Gasteiger partial charge in [-0.1, -0.05) is 46.3 Å². The summed E-state index contributed by atoms with van der Waals surface area (Å²) in [4.78, 5) is 0. The van der Waals surface area contributed by atoms with Crippen LogP contribution >= 0.6 is 15.9 Å². The van der Waals surface area contributed by atoms with Gasteiger partial charge in [0.15, 0.2) is 0 Å². The molecule has 0 spiro atoms. The van der Waals surface area contributed by atoms with E-state index >= 15 is 0 Å². The number of hydrogen-bond donors (Lipinski definition) is 1. The molecule has 0 aliphatic carbocycles. The summed E-state index contributed by atoms with van der Waals surface area (Å²) >= 11 is 3.48. The number of anilines is 1. The zero-order valence-electron chi connectivity index (χ0n) is 10.5.